The van der Waals surface area contributed by atoms with Crippen molar-refractivity contribution in [2.24, 2.45) is 5.92 Å². The zero-order chi connectivity index (χ0) is 9.84. The van der Waals surface area contributed by atoms with E-state index in [4.69, 9.17) is 0 Å². The lowest BCUT2D eigenvalue weighted by atomic mass is 10.2. The fourth-order valence-electron chi connectivity index (χ4n) is 1.21. The van der Waals surface area contributed by atoms with Crippen molar-refractivity contribution < 1.29 is 0 Å². The van der Waals surface area contributed by atoms with Gasteiger partial charge in [0.05, 0.1) is 0 Å². The van der Waals surface area contributed by atoms with Crippen molar-refractivity contribution >= 4 is 5.95 Å². The zero-order valence-electron chi connectivity index (χ0n) is 8.78. The van der Waals surface area contributed by atoms with Crippen molar-refractivity contribution in [3.63, 3.8) is 0 Å². The van der Waals surface area contributed by atoms with Crippen LogP contribution in [0, 0.1) is 12.8 Å². The zero-order valence-corrected chi connectivity index (χ0v) is 8.78. The van der Waals surface area contributed by atoms with Crippen LogP contribution in [-0.2, 0) is 0 Å². The molecular formula is C10H17N3. The molecule has 0 amide bonds. The van der Waals surface area contributed by atoms with Gasteiger partial charge in [-0.2, -0.15) is 0 Å². The van der Waals surface area contributed by atoms with E-state index in [0.717, 1.165) is 18.1 Å². The minimum atomic E-state index is 0.634. The van der Waals surface area contributed by atoms with E-state index >= 15 is 0 Å². The van der Waals surface area contributed by atoms with E-state index in [0.29, 0.717) is 5.92 Å². The maximum Gasteiger partial charge on any atom is 0.224 e. The van der Waals surface area contributed by atoms with Gasteiger partial charge < -0.3 is 4.90 Å². The summed E-state index contributed by atoms with van der Waals surface area (Å²) in [5.74, 6) is 1.44. The molecule has 0 aliphatic heterocycles. The van der Waals surface area contributed by atoms with Crippen LogP contribution in [0.1, 0.15) is 19.4 Å². The predicted molar refractivity (Wildman–Crippen MR) is 54.9 cm³/mol. The highest BCUT2D eigenvalue weighted by Crippen LogP contribution is 2.06. The first-order valence-corrected chi connectivity index (χ1v) is 4.59. The smallest absolute Gasteiger partial charge is 0.224 e. The number of aryl methyl sites for hydroxylation is 1. The van der Waals surface area contributed by atoms with Crippen molar-refractivity contribution in [1.29, 1.82) is 0 Å². The number of hydrogen-bond acceptors (Lipinski definition) is 3. The lowest BCUT2D eigenvalue weighted by Gasteiger charge is -2.18. The Hall–Kier alpha value is -1.12. The van der Waals surface area contributed by atoms with Gasteiger partial charge in [-0.05, 0) is 18.4 Å². The Morgan fingerprint density at radius 1 is 1.31 bits per heavy atom. The Kier molecular flexibility index (Phi) is 3.23. The molecular weight excluding hydrogens is 162 g/mol. The summed E-state index contributed by atoms with van der Waals surface area (Å²) in [6.07, 6.45) is 3.69. The number of nitrogens with zero attached hydrogens (tertiary/aromatic N) is 3. The minimum absolute atomic E-state index is 0.634. The van der Waals surface area contributed by atoms with Crippen LogP contribution < -0.4 is 4.90 Å². The standard InChI is InChI=1S/C10H17N3/c1-8(2)7-13(4)10-11-5-9(3)6-12-10/h5-6,8H,7H2,1-4H3. The summed E-state index contributed by atoms with van der Waals surface area (Å²) < 4.78 is 0. The lowest BCUT2D eigenvalue weighted by Crippen LogP contribution is -2.24. The van der Waals surface area contributed by atoms with E-state index in [2.05, 4.69) is 28.7 Å². The highest BCUT2D eigenvalue weighted by atomic mass is 15.2. The van der Waals surface area contributed by atoms with Crippen LogP contribution in [0.25, 0.3) is 0 Å². The molecule has 3 nitrogen and oxygen atoms in total. The third-order valence-corrected chi connectivity index (χ3v) is 1.75. The van der Waals surface area contributed by atoms with Crippen molar-refractivity contribution in [1.82, 2.24) is 9.97 Å². The van der Waals surface area contributed by atoms with Crippen molar-refractivity contribution in [3.8, 4) is 0 Å². The SMILES string of the molecule is Cc1cnc(N(C)CC(C)C)nc1. The van der Waals surface area contributed by atoms with Gasteiger partial charge in [-0.3, -0.25) is 0 Å². The van der Waals surface area contributed by atoms with E-state index in [-0.39, 0.29) is 0 Å². The Labute approximate surface area is 79.8 Å². The highest BCUT2D eigenvalue weighted by molar-refractivity contribution is 5.27. The first-order chi connectivity index (χ1) is 6.09. The summed E-state index contributed by atoms with van der Waals surface area (Å²) in [5, 5.41) is 0. The third-order valence-electron chi connectivity index (χ3n) is 1.75. The molecule has 0 aromatic carbocycles. The van der Waals surface area contributed by atoms with E-state index in [1.54, 1.807) is 0 Å². The Morgan fingerprint density at radius 2 is 1.85 bits per heavy atom. The highest BCUT2D eigenvalue weighted by Gasteiger charge is 2.04. The van der Waals surface area contributed by atoms with Crippen LogP contribution in [0.5, 0.6) is 0 Å². The largest absolute Gasteiger partial charge is 0.344 e. The number of rotatable bonds is 3. The number of hydrogen-bond donors (Lipinski definition) is 0. The van der Waals surface area contributed by atoms with E-state index < -0.39 is 0 Å². The van der Waals surface area contributed by atoms with Crippen LogP contribution >= 0.6 is 0 Å². The van der Waals surface area contributed by atoms with Crippen molar-refractivity contribution in [2.45, 2.75) is 20.8 Å². The second-order valence-electron chi connectivity index (χ2n) is 3.83. The topological polar surface area (TPSA) is 29.0 Å². The molecule has 0 atom stereocenters. The molecule has 1 heterocycles. The van der Waals surface area contributed by atoms with E-state index in [1.807, 2.05) is 26.4 Å². The molecule has 0 saturated heterocycles. The van der Waals surface area contributed by atoms with Gasteiger partial charge in [0.15, 0.2) is 0 Å². The van der Waals surface area contributed by atoms with Crippen LogP contribution in [-0.4, -0.2) is 23.6 Å². The molecule has 0 radical (unpaired) electrons. The van der Waals surface area contributed by atoms with E-state index in [9.17, 15) is 0 Å². The molecule has 0 aliphatic rings. The van der Waals surface area contributed by atoms with Crippen LogP contribution in [0.4, 0.5) is 5.95 Å². The third kappa shape index (κ3) is 3.01. The summed E-state index contributed by atoms with van der Waals surface area (Å²) >= 11 is 0. The summed E-state index contributed by atoms with van der Waals surface area (Å²) in [5.41, 5.74) is 1.10. The fourth-order valence-corrected chi connectivity index (χ4v) is 1.21. The lowest BCUT2D eigenvalue weighted by molar-refractivity contribution is 0.630. The van der Waals surface area contributed by atoms with Gasteiger partial charge in [-0.1, -0.05) is 13.8 Å². The number of aromatic nitrogens is 2. The minimum Gasteiger partial charge on any atom is -0.344 e. The molecule has 0 spiro atoms. The molecule has 0 N–H and O–H groups in total. The Bertz CT molecular complexity index is 253. The predicted octanol–water partition coefficient (Wildman–Crippen LogP) is 1.88. The maximum absolute atomic E-state index is 4.25. The van der Waals surface area contributed by atoms with Gasteiger partial charge in [-0.15, -0.1) is 0 Å². The average molecular weight is 179 g/mol. The van der Waals surface area contributed by atoms with Crippen LogP contribution in [0.15, 0.2) is 12.4 Å². The van der Waals surface area contributed by atoms with Gasteiger partial charge in [0, 0.05) is 26.0 Å². The van der Waals surface area contributed by atoms with Gasteiger partial charge in [0.2, 0.25) is 5.95 Å². The molecule has 13 heavy (non-hydrogen) atoms. The molecule has 3 heteroatoms. The molecule has 1 aromatic rings. The molecule has 0 bridgehead atoms. The molecule has 0 aliphatic carbocycles. The molecule has 0 unspecified atom stereocenters. The summed E-state index contributed by atoms with van der Waals surface area (Å²) in [4.78, 5) is 10.6. The monoisotopic (exact) mass is 179 g/mol. The van der Waals surface area contributed by atoms with Gasteiger partial charge >= 0.3 is 0 Å². The molecule has 0 saturated carbocycles. The Morgan fingerprint density at radius 3 is 2.31 bits per heavy atom. The van der Waals surface area contributed by atoms with Crippen LogP contribution in [0.3, 0.4) is 0 Å². The quantitative estimate of drug-likeness (QED) is 0.709. The first-order valence-electron chi connectivity index (χ1n) is 4.59. The average Bonchev–Trinajstić information content (AvgIpc) is 2.04. The number of anilines is 1. The first kappa shape index (κ1) is 9.96. The van der Waals surface area contributed by atoms with Crippen molar-refractivity contribution in [3.05, 3.63) is 18.0 Å². The second kappa shape index (κ2) is 4.21. The molecule has 0 fully saturated rings. The molecule has 72 valence electrons. The molecule has 1 rings (SSSR count). The van der Waals surface area contributed by atoms with Crippen LogP contribution in [0.2, 0.25) is 0 Å². The summed E-state index contributed by atoms with van der Waals surface area (Å²) in [7, 11) is 2.02. The second-order valence-corrected chi connectivity index (χ2v) is 3.83. The van der Waals surface area contributed by atoms with Gasteiger partial charge in [0.25, 0.3) is 0 Å². The van der Waals surface area contributed by atoms with Gasteiger partial charge in [0.1, 0.15) is 0 Å². The normalized spacial score (nSPS) is 10.5. The Balaban J connectivity index is 2.66. The fraction of sp³-hybridized carbons (Fsp3) is 0.600. The van der Waals surface area contributed by atoms with Gasteiger partial charge in [-0.25, -0.2) is 9.97 Å². The van der Waals surface area contributed by atoms with E-state index in [1.165, 1.54) is 0 Å². The summed E-state index contributed by atoms with van der Waals surface area (Å²) in [6.45, 7) is 7.35. The van der Waals surface area contributed by atoms with Crippen molar-refractivity contribution in [2.75, 3.05) is 18.5 Å². The summed E-state index contributed by atoms with van der Waals surface area (Å²) in [6, 6.07) is 0. The molecule has 1 aromatic heterocycles. The maximum atomic E-state index is 4.25.